The topological polar surface area (TPSA) is 72.8 Å². The fourth-order valence-electron chi connectivity index (χ4n) is 4.13. The average molecular weight is 399 g/mol. The van der Waals surface area contributed by atoms with Gasteiger partial charge in [0.05, 0.1) is 13.2 Å². The second-order valence-corrected chi connectivity index (χ2v) is 8.10. The molecule has 2 fully saturated rings. The number of carbonyl (C=O) groups is 1. The summed E-state index contributed by atoms with van der Waals surface area (Å²) in [5.74, 6) is 1.37. The van der Waals surface area contributed by atoms with Crippen molar-refractivity contribution >= 4 is 17.5 Å². The van der Waals surface area contributed by atoms with Crippen LogP contribution in [0.15, 0.2) is 36.7 Å². The molecule has 29 heavy (non-hydrogen) atoms. The number of piperazine rings is 1. The lowest BCUT2D eigenvalue weighted by Crippen LogP contribution is -2.48. The van der Waals surface area contributed by atoms with E-state index in [9.17, 15) is 14.3 Å². The number of hydrogen-bond donors (Lipinski definition) is 1. The average Bonchev–Trinajstić information content (AvgIpc) is 3.16. The van der Waals surface area contributed by atoms with Crippen LogP contribution in [0.1, 0.15) is 12.0 Å². The molecule has 1 aromatic carbocycles. The number of aromatic nitrogens is 2. The number of nitrogens with zero attached hydrogens (tertiary/aromatic N) is 5. The molecule has 1 unspecified atom stereocenters. The fourth-order valence-corrected chi connectivity index (χ4v) is 4.13. The Bertz CT molecular complexity index is 878. The van der Waals surface area contributed by atoms with E-state index in [1.165, 1.54) is 18.5 Å². The van der Waals surface area contributed by atoms with Gasteiger partial charge in [0.15, 0.2) is 0 Å². The van der Waals surface area contributed by atoms with Crippen LogP contribution in [0.25, 0.3) is 0 Å². The van der Waals surface area contributed by atoms with E-state index < -0.39 is 0 Å². The Morgan fingerprint density at radius 2 is 1.83 bits per heavy atom. The van der Waals surface area contributed by atoms with Gasteiger partial charge in [-0.1, -0.05) is 12.1 Å². The molecule has 1 amide bonds. The maximum atomic E-state index is 13.2. The van der Waals surface area contributed by atoms with Crippen LogP contribution in [0.4, 0.5) is 16.0 Å². The maximum Gasteiger partial charge on any atom is 0.241 e. The van der Waals surface area contributed by atoms with Crippen LogP contribution in [-0.2, 0) is 11.2 Å². The van der Waals surface area contributed by atoms with Gasteiger partial charge in [-0.05, 0) is 30.5 Å². The highest BCUT2D eigenvalue weighted by Gasteiger charge is 2.38. The highest BCUT2D eigenvalue weighted by atomic mass is 19.1. The predicted octanol–water partition coefficient (Wildman–Crippen LogP) is 1.33. The molecular formula is C21H26FN5O2. The van der Waals surface area contributed by atoms with Crippen LogP contribution in [-0.4, -0.2) is 72.3 Å². The molecule has 1 aromatic heterocycles. The molecule has 154 valence electrons. The molecule has 7 nitrogen and oxygen atoms in total. The first kappa shape index (κ1) is 19.6. The van der Waals surface area contributed by atoms with Crippen LogP contribution >= 0.6 is 0 Å². The zero-order valence-corrected chi connectivity index (χ0v) is 16.6. The van der Waals surface area contributed by atoms with Gasteiger partial charge in [-0.3, -0.25) is 4.79 Å². The van der Waals surface area contributed by atoms with Gasteiger partial charge in [-0.25, -0.2) is 14.4 Å². The van der Waals surface area contributed by atoms with E-state index in [0.717, 1.165) is 36.7 Å². The van der Waals surface area contributed by atoms with Crippen LogP contribution in [0, 0.1) is 11.2 Å². The number of hydrogen-bond acceptors (Lipinski definition) is 6. The quantitative estimate of drug-likeness (QED) is 0.818. The van der Waals surface area contributed by atoms with Crippen molar-refractivity contribution in [2.75, 3.05) is 56.2 Å². The Labute approximate surface area is 169 Å². The van der Waals surface area contributed by atoms with Crippen molar-refractivity contribution in [3.63, 3.8) is 0 Å². The predicted molar refractivity (Wildman–Crippen MR) is 108 cm³/mol. The highest BCUT2D eigenvalue weighted by Crippen LogP contribution is 2.36. The van der Waals surface area contributed by atoms with Crippen molar-refractivity contribution in [3.8, 4) is 0 Å². The van der Waals surface area contributed by atoms with E-state index in [0.29, 0.717) is 26.1 Å². The minimum atomic E-state index is -0.285. The SMILES string of the molecule is CN1CCN(c2cc(N3CCC(CO)(Cc4ccc(F)cc4)C3)ncn2)CC1=O. The molecule has 4 rings (SSSR count). The van der Waals surface area contributed by atoms with Gasteiger partial charge in [0.2, 0.25) is 5.91 Å². The molecular weight excluding hydrogens is 373 g/mol. The molecule has 3 heterocycles. The largest absolute Gasteiger partial charge is 0.396 e. The molecule has 2 aromatic rings. The zero-order chi connectivity index (χ0) is 20.4. The lowest BCUT2D eigenvalue weighted by molar-refractivity contribution is -0.129. The summed E-state index contributed by atoms with van der Waals surface area (Å²) in [6.45, 7) is 3.24. The minimum absolute atomic E-state index is 0.0613. The molecule has 0 spiro atoms. The van der Waals surface area contributed by atoms with Gasteiger partial charge < -0.3 is 19.8 Å². The number of anilines is 2. The van der Waals surface area contributed by atoms with Gasteiger partial charge in [0.25, 0.3) is 0 Å². The van der Waals surface area contributed by atoms with E-state index in [1.54, 1.807) is 17.0 Å². The summed E-state index contributed by atoms with van der Waals surface area (Å²) in [5.41, 5.74) is 0.730. The monoisotopic (exact) mass is 399 g/mol. The lowest BCUT2D eigenvalue weighted by atomic mass is 9.81. The molecule has 1 atom stereocenters. The van der Waals surface area contributed by atoms with Crippen molar-refractivity contribution in [1.82, 2.24) is 14.9 Å². The number of benzene rings is 1. The summed E-state index contributed by atoms with van der Waals surface area (Å²) in [4.78, 5) is 26.7. The standard InChI is InChI=1S/C21H26FN5O2/c1-25-8-9-26(12-20(25)29)18-10-19(24-15-23-18)27-7-6-21(13-27,14-28)11-16-2-4-17(22)5-3-16/h2-5,10,15,28H,6-9,11-14H2,1H3. The smallest absolute Gasteiger partial charge is 0.241 e. The Morgan fingerprint density at radius 1 is 1.10 bits per heavy atom. The number of likely N-dealkylation sites (N-methyl/N-ethyl adjacent to an activating group) is 1. The summed E-state index contributed by atoms with van der Waals surface area (Å²) < 4.78 is 13.2. The summed E-state index contributed by atoms with van der Waals surface area (Å²) in [6, 6.07) is 8.40. The van der Waals surface area contributed by atoms with Crippen molar-refractivity contribution < 1.29 is 14.3 Å². The lowest BCUT2D eigenvalue weighted by Gasteiger charge is -2.33. The normalized spacial score (nSPS) is 22.4. The summed E-state index contributed by atoms with van der Waals surface area (Å²) in [7, 11) is 1.81. The van der Waals surface area contributed by atoms with Crippen LogP contribution in [0.5, 0.6) is 0 Å². The summed E-state index contributed by atoms with van der Waals surface area (Å²) >= 11 is 0. The summed E-state index contributed by atoms with van der Waals surface area (Å²) in [6.07, 6.45) is 3.05. The molecule has 2 aliphatic rings. The maximum absolute atomic E-state index is 13.2. The minimum Gasteiger partial charge on any atom is -0.396 e. The van der Waals surface area contributed by atoms with Crippen molar-refractivity contribution in [3.05, 3.63) is 48.0 Å². The summed E-state index contributed by atoms with van der Waals surface area (Å²) in [5, 5.41) is 10.1. The third kappa shape index (κ3) is 4.17. The fraction of sp³-hybridized carbons (Fsp3) is 0.476. The van der Waals surface area contributed by atoms with Crippen LogP contribution in [0.2, 0.25) is 0 Å². The third-order valence-electron chi connectivity index (χ3n) is 6.01. The number of rotatable bonds is 5. The van der Waals surface area contributed by atoms with E-state index in [1.807, 2.05) is 18.0 Å². The van der Waals surface area contributed by atoms with E-state index in [-0.39, 0.29) is 23.7 Å². The third-order valence-corrected chi connectivity index (χ3v) is 6.01. The molecule has 0 bridgehead atoms. The van der Waals surface area contributed by atoms with Gasteiger partial charge >= 0.3 is 0 Å². The van der Waals surface area contributed by atoms with Crippen molar-refractivity contribution in [2.24, 2.45) is 5.41 Å². The van der Waals surface area contributed by atoms with Crippen LogP contribution < -0.4 is 9.80 Å². The number of carbonyl (C=O) groups excluding carboxylic acids is 1. The molecule has 1 N–H and O–H groups in total. The first-order valence-corrected chi connectivity index (χ1v) is 9.89. The Kier molecular flexibility index (Phi) is 5.36. The Hall–Kier alpha value is -2.74. The number of aliphatic hydroxyl groups is 1. The molecule has 0 saturated carbocycles. The second kappa shape index (κ2) is 7.94. The molecule has 8 heteroatoms. The Balaban J connectivity index is 1.48. The van der Waals surface area contributed by atoms with Crippen molar-refractivity contribution in [2.45, 2.75) is 12.8 Å². The van der Waals surface area contributed by atoms with E-state index in [4.69, 9.17) is 0 Å². The Morgan fingerprint density at radius 3 is 2.52 bits per heavy atom. The molecule has 2 saturated heterocycles. The van der Waals surface area contributed by atoms with Gasteiger partial charge in [0.1, 0.15) is 23.8 Å². The van der Waals surface area contributed by atoms with Crippen molar-refractivity contribution in [1.29, 1.82) is 0 Å². The van der Waals surface area contributed by atoms with Gasteiger partial charge in [-0.2, -0.15) is 0 Å². The number of halogens is 1. The molecule has 2 aliphatic heterocycles. The number of aliphatic hydroxyl groups excluding tert-OH is 1. The second-order valence-electron chi connectivity index (χ2n) is 8.10. The highest BCUT2D eigenvalue weighted by molar-refractivity contribution is 5.82. The van der Waals surface area contributed by atoms with E-state index >= 15 is 0 Å². The van der Waals surface area contributed by atoms with Gasteiger partial charge in [-0.15, -0.1) is 0 Å². The van der Waals surface area contributed by atoms with Gasteiger partial charge in [0, 0.05) is 44.7 Å². The number of amides is 1. The molecule has 0 aliphatic carbocycles. The zero-order valence-electron chi connectivity index (χ0n) is 16.6. The van der Waals surface area contributed by atoms with E-state index in [2.05, 4.69) is 14.9 Å². The first-order valence-electron chi connectivity index (χ1n) is 9.89. The molecule has 0 radical (unpaired) electrons. The van der Waals surface area contributed by atoms with Crippen LogP contribution in [0.3, 0.4) is 0 Å². The first-order chi connectivity index (χ1) is 14.0.